The Bertz CT molecular complexity index is 1690. The molecule has 11 heteroatoms. The Labute approximate surface area is 213 Å². The van der Waals surface area contributed by atoms with Gasteiger partial charge in [0.1, 0.15) is 6.33 Å². The number of carbonyl (C=O) groups excluding carboxylic acids is 1. The molecule has 188 valence electrons. The van der Waals surface area contributed by atoms with E-state index in [9.17, 15) is 13.2 Å². The number of hydrogen-bond acceptors (Lipinski definition) is 7. The molecule has 4 heterocycles. The number of sulfone groups is 1. The molecule has 0 atom stereocenters. The Morgan fingerprint density at radius 2 is 1.86 bits per heavy atom. The Morgan fingerprint density at radius 3 is 2.62 bits per heavy atom. The Morgan fingerprint density at radius 1 is 1.05 bits per heavy atom. The van der Waals surface area contributed by atoms with E-state index >= 15 is 0 Å². The molecule has 0 fully saturated rings. The van der Waals surface area contributed by atoms with Crippen LogP contribution in [-0.2, 0) is 21.1 Å². The first-order valence-corrected chi connectivity index (χ1v) is 13.4. The Balaban J connectivity index is 1.41. The van der Waals surface area contributed by atoms with Crippen molar-refractivity contribution >= 4 is 27.1 Å². The fourth-order valence-electron chi connectivity index (χ4n) is 4.01. The lowest BCUT2D eigenvalue weighted by Gasteiger charge is -2.08. The number of aryl methyl sites for hydroxylation is 1. The molecule has 0 radical (unpaired) electrons. The number of nitrogens with zero attached hydrogens (tertiary/aromatic N) is 6. The molecular weight excluding hydrogens is 490 g/mol. The van der Waals surface area contributed by atoms with E-state index in [4.69, 9.17) is 0 Å². The molecule has 37 heavy (non-hydrogen) atoms. The average molecular weight is 516 g/mol. The van der Waals surface area contributed by atoms with Crippen LogP contribution in [0.15, 0.2) is 78.1 Å². The highest BCUT2D eigenvalue weighted by Crippen LogP contribution is 2.24. The number of anilines is 1. The van der Waals surface area contributed by atoms with E-state index in [1.807, 2.05) is 56.4 Å². The van der Waals surface area contributed by atoms with Crippen molar-refractivity contribution < 1.29 is 13.2 Å². The lowest BCUT2D eigenvalue weighted by Crippen LogP contribution is -2.15. The van der Waals surface area contributed by atoms with Crippen molar-refractivity contribution in [1.29, 1.82) is 0 Å². The first kappa shape index (κ1) is 24.3. The highest BCUT2D eigenvalue weighted by atomic mass is 32.2. The number of hydrogen-bond donors (Lipinski definition) is 1. The summed E-state index contributed by atoms with van der Waals surface area (Å²) >= 11 is 0. The highest BCUT2D eigenvalue weighted by Gasteiger charge is 2.17. The van der Waals surface area contributed by atoms with E-state index in [2.05, 4.69) is 25.5 Å². The van der Waals surface area contributed by atoms with Crippen LogP contribution in [0.4, 0.5) is 5.69 Å². The fraction of sp³-hybridized carbons (Fsp3) is 0.192. The topological polar surface area (TPSA) is 124 Å². The summed E-state index contributed by atoms with van der Waals surface area (Å²) < 4.78 is 27.9. The molecule has 1 aromatic carbocycles. The van der Waals surface area contributed by atoms with Crippen molar-refractivity contribution in [1.82, 2.24) is 29.4 Å². The van der Waals surface area contributed by atoms with E-state index in [0.29, 0.717) is 23.6 Å². The summed E-state index contributed by atoms with van der Waals surface area (Å²) in [5.41, 5.74) is 4.22. The van der Waals surface area contributed by atoms with Crippen LogP contribution in [0.3, 0.4) is 0 Å². The van der Waals surface area contributed by atoms with E-state index in [1.54, 1.807) is 21.3 Å². The molecule has 5 rings (SSSR count). The number of rotatable bonds is 8. The van der Waals surface area contributed by atoms with Crippen LogP contribution in [-0.4, -0.2) is 49.4 Å². The number of aromatic nitrogens is 6. The van der Waals surface area contributed by atoms with Gasteiger partial charge in [-0.2, -0.15) is 10.2 Å². The quantitative estimate of drug-likeness (QED) is 0.334. The predicted octanol–water partition coefficient (Wildman–Crippen LogP) is 3.65. The second-order valence-electron chi connectivity index (χ2n) is 8.62. The predicted molar refractivity (Wildman–Crippen MR) is 139 cm³/mol. The minimum atomic E-state index is -3.31. The average Bonchev–Trinajstić information content (AvgIpc) is 3.51. The van der Waals surface area contributed by atoms with Gasteiger partial charge < -0.3 is 5.32 Å². The monoisotopic (exact) mass is 515 g/mol. The van der Waals surface area contributed by atoms with Crippen LogP contribution in [0.2, 0.25) is 0 Å². The Kier molecular flexibility index (Phi) is 6.53. The third kappa shape index (κ3) is 5.26. The van der Waals surface area contributed by atoms with Gasteiger partial charge in [0.2, 0.25) is 5.91 Å². The van der Waals surface area contributed by atoms with Crippen LogP contribution >= 0.6 is 0 Å². The second-order valence-corrected chi connectivity index (χ2v) is 10.7. The maximum atomic E-state index is 12.8. The zero-order valence-corrected chi connectivity index (χ0v) is 21.2. The first-order valence-electron chi connectivity index (χ1n) is 11.8. The molecule has 1 N–H and O–H groups in total. The molecule has 0 aliphatic rings. The number of carbonyl (C=O) groups is 1. The fourth-order valence-corrected chi connectivity index (χ4v) is 5.34. The molecule has 4 aromatic heterocycles. The summed E-state index contributed by atoms with van der Waals surface area (Å²) in [5, 5.41) is 11.7. The third-order valence-corrected chi connectivity index (χ3v) is 7.67. The van der Waals surface area contributed by atoms with Crippen LogP contribution in [0.1, 0.15) is 24.7 Å². The molecule has 0 bridgehead atoms. The van der Waals surface area contributed by atoms with E-state index in [1.165, 1.54) is 18.5 Å². The van der Waals surface area contributed by atoms with E-state index < -0.39 is 9.84 Å². The van der Waals surface area contributed by atoms with Gasteiger partial charge in [-0.3, -0.25) is 4.79 Å². The van der Waals surface area contributed by atoms with Gasteiger partial charge in [-0.05, 0) is 67.9 Å². The van der Waals surface area contributed by atoms with Crippen LogP contribution in [0.5, 0.6) is 0 Å². The molecule has 0 saturated heterocycles. The minimum Gasteiger partial charge on any atom is -0.326 e. The van der Waals surface area contributed by atoms with Crippen molar-refractivity contribution in [2.45, 2.75) is 31.6 Å². The summed E-state index contributed by atoms with van der Waals surface area (Å²) in [6.45, 7) is 3.72. The number of amides is 1. The van der Waals surface area contributed by atoms with Crippen molar-refractivity contribution in [3.63, 3.8) is 0 Å². The number of nitrogens with one attached hydrogen (secondary N) is 1. The first-order chi connectivity index (χ1) is 17.8. The molecule has 0 spiro atoms. The maximum Gasteiger partial charge on any atom is 0.230 e. The van der Waals surface area contributed by atoms with Gasteiger partial charge in [0, 0.05) is 23.1 Å². The lowest BCUT2D eigenvalue weighted by molar-refractivity contribution is -0.115. The molecule has 5 aromatic rings. The number of benzene rings is 1. The van der Waals surface area contributed by atoms with Gasteiger partial charge in [-0.15, -0.1) is 0 Å². The summed E-state index contributed by atoms with van der Waals surface area (Å²) in [4.78, 5) is 21.9. The summed E-state index contributed by atoms with van der Waals surface area (Å²) in [7, 11) is -3.31. The van der Waals surface area contributed by atoms with Crippen LogP contribution < -0.4 is 5.32 Å². The molecule has 10 nitrogen and oxygen atoms in total. The number of pyridine rings is 2. The van der Waals surface area contributed by atoms with Crippen molar-refractivity contribution in [2.24, 2.45) is 0 Å². The zero-order valence-electron chi connectivity index (χ0n) is 20.4. The summed E-state index contributed by atoms with van der Waals surface area (Å²) in [6.07, 6.45) is 3.90. The maximum absolute atomic E-state index is 12.8. The molecule has 0 aliphatic carbocycles. The van der Waals surface area contributed by atoms with Crippen LogP contribution in [0, 0.1) is 6.92 Å². The standard InChI is InChI=1S/C26H25N7O3S/c1-3-13-37(35,36)22-10-8-20(9-11-22)30-26(34)15-21-14-23(19-7-12-24-27-17-28-32(24)16-19)33(31-21)25-6-4-5-18(2)29-25/h4-12,14,16-17H,3,13,15H2,1-2H3,(H,30,34). The van der Waals surface area contributed by atoms with E-state index in [0.717, 1.165) is 22.6 Å². The van der Waals surface area contributed by atoms with Gasteiger partial charge in [0.15, 0.2) is 21.3 Å². The minimum absolute atomic E-state index is 0.0211. The van der Waals surface area contributed by atoms with Crippen LogP contribution in [0.25, 0.3) is 22.7 Å². The molecule has 0 saturated carbocycles. The van der Waals surface area contributed by atoms with Crippen molar-refractivity contribution in [2.75, 3.05) is 11.1 Å². The summed E-state index contributed by atoms with van der Waals surface area (Å²) in [5.74, 6) is 0.442. The van der Waals surface area contributed by atoms with Crippen molar-refractivity contribution in [3.05, 3.63) is 84.6 Å². The molecular formula is C26H25N7O3S. The second kappa shape index (κ2) is 9.94. The highest BCUT2D eigenvalue weighted by molar-refractivity contribution is 7.91. The van der Waals surface area contributed by atoms with Gasteiger partial charge in [-0.25, -0.2) is 27.6 Å². The normalized spacial score (nSPS) is 11.6. The SMILES string of the molecule is CCCS(=O)(=O)c1ccc(NC(=O)Cc2cc(-c3ccc4ncnn4c3)n(-c3cccc(C)n3)n2)cc1. The Hall–Kier alpha value is -4.38. The third-order valence-electron chi connectivity index (χ3n) is 5.73. The van der Waals surface area contributed by atoms with Crippen molar-refractivity contribution in [3.8, 4) is 17.1 Å². The van der Waals surface area contributed by atoms with Gasteiger partial charge in [0.25, 0.3) is 0 Å². The van der Waals surface area contributed by atoms with Gasteiger partial charge in [0.05, 0.1) is 28.5 Å². The van der Waals surface area contributed by atoms with Gasteiger partial charge >= 0.3 is 0 Å². The summed E-state index contributed by atoms with van der Waals surface area (Å²) in [6, 6.07) is 17.5. The molecule has 1 amide bonds. The molecule has 0 unspecified atom stereocenters. The smallest absolute Gasteiger partial charge is 0.230 e. The lowest BCUT2D eigenvalue weighted by atomic mass is 10.1. The zero-order chi connectivity index (χ0) is 26.0. The van der Waals surface area contributed by atoms with E-state index in [-0.39, 0.29) is 23.0 Å². The number of fused-ring (bicyclic) bond motifs is 1. The van der Waals surface area contributed by atoms with Gasteiger partial charge in [-0.1, -0.05) is 13.0 Å². The molecule has 0 aliphatic heterocycles. The largest absolute Gasteiger partial charge is 0.326 e.